The summed E-state index contributed by atoms with van der Waals surface area (Å²) < 4.78 is 35.7. The highest BCUT2D eigenvalue weighted by atomic mass is 19.3. The number of hydrogen-bond donors (Lipinski definition) is 1. The Morgan fingerprint density at radius 3 is 2.52 bits per heavy atom. The van der Waals surface area contributed by atoms with Crippen LogP contribution in [0.15, 0.2) is 60.7 Å². The second kappa shape index (κ2) is 6.80. The predicted octanol–water partition coefficient (Wildman–Crippen LogP) is 5.53. The number of carbonyl (C=O) groups excluding carboxylic acids is 1. The maximum atomic E-state index is 13.3. The number of fused-ring (bicyclic) bond motifs is 1. The average Bonchev–Trinajstić information content (AvgIpc) is 3.46. The molecule has 6 heteroatoms. The van der Waals surface area contributed by atoms with Crippen molar-refractivity contribution in [2.45, 2.75) is 37.9 Å². The smallest absolute Gasteiger partial charge is 0.508 e. The summed E-state index contributed by atoms with van der Waals surface area (Å²) in [5, 5.41) is 9.80. The van der Waals surface area contributed by atoms with Crippen molar-refractivity contribution in [3.05, 3.63) is 77.4 Å². The summed E-state index contributed by atoms with van der Waals surface area (Å²) in [7, 11) is 0. The Hall–Kier alpha value is -3.41. The molecular weight excluding hydrogens is 402 g/mol. The maximum Gasteiger partial charge on any atom is 0.586 e. The second-order valence-corrected chi connectivity index (χ2v) is 8.21. The Morgan fingerprint density at radius 2 is 1.77 bits per heavy atom. The number of Topliss-reactive ketones (excluding diaryl/α,β-unsaturated/α-hetero) is 1. The van der Waals surface area contributed by atoms with E-state index in [4.69, 9.17) is 0 Å². The van der Waals surface area contributed by atoms with Crippen LogP contribution in [0.25, 0.3) is 11.1 Å². The van der Waals surface area contributed by atoms with Gasteiger partial charge < -0.3 is 14.6 Å². The zero-order valence-electron chi connectivity index (χ0n) is 16.8. The third-order valence-corrected chi connectivity index (χ3v) is 6.06. The van der Waals surface area contributed by atoms with E-state index in [-0.39, 0.29) is 29.5 Å². The van der Waals surface area contributed by atoms with Crippen LogP contribution in [0.2, 0.25) is 0 Å². The Balaban J connectivity index is 1.40. The molecule has 0 bridgehead atoms. The molecule has 31 heavy (non-hydrogen) atoms. The van der Waals surface area contributed by atoms with Gasteiger partial charge in [0.1, 0.15) is 11.5 Å². The fourth-order valence-electron chi connectivity index (χ4n) is 4.22. The van der Waals surface area contributed by atoms with Crippen LogP contribution in [-0.4, -0.2) is 17.2 Å². The average molecular weight is 422 g/mol. The number of benzene rings is 3. The second-order valence-electron chi connectivity index (χ2n) is 8.21. The van der Waals surface area contributed by atoms with E-state index in [1.165, 1.54) is 12.1 Å². The highest BCUT2D eigenvalue weighted by molar-refractivity contribution is 5.95. The largest absolute Gasteiger partial charge is 0.586 e. The monoisotopic (exact) mass is 422 g/mol. The molecule has 0 aromatic heterocycles. The lowest BCUT2D eigenvalue weighted by Gasteiger charge is -2.16. The molecule has 1 aliphatic heterocycles. The molecule has 158 valence electrons. The van der Waals surface area contributed by atoms with Crippen LogP contribution in [0.4, 0.5) is 8.78 Å². The lowest BCUT2D eigenvalue weighted by Crippen LogP contribution is -2.26. The number of carbonyl (C=O) groups is 1. The molecule has 3 aromatic rings. The van der Waals surface area contributed by atoms with Crippen LogP contribution in [0.3, 0.4) is 0 Å². The lowest BCUT2D eigenvalue weighted by atomic mass is 9.87. The summed E-state index contributed by atoms with van der Waals surface area (Å²) in [5.74, 6) is 0.168. The minimum atomic E-state index is -3.67. The first-order valence-electron chi connectivity index (χ1n) is 10.1. The molecule has 0 saturated heterocycles. The zero-order valence-corrected chi connectivity index (χ0v) is 16.8. The quantitative estimate of drug-likeness (QED) is 0.587. The standard InChI is InChI=1S/C25H20F2O4/c1-15-5-6-16(11-20(15)17-3-2-4-19(28)13-17)12-23(29)24(9-10-24)18-7-8-21-22(14-18)31-25(26,27)30-21/h2-8,11,13-14,28H,9-10,12H2,1H3. The number of rotatable bonds is 5. The van der Waals surface area contributed by atoms with Gasteiger partial charge in [0.15, 0.2) is 11.5 Å². The summed E-state index contributed by atoms with van der Waals surface area (Å²) in [6, 6.07) is 17.5. The molecule has 0 radical (unpaired) electrons. The van der Waals surface area contributed by atoms with Gasteiger partial charge in [-0.25, -0.2) is 0 Å². The van der Waals surface area contributed by atoms with Crippen molar-refractivity contribution in [1.29, 1.82) is 0 Å². The van der Waals surface area contributed by atoms with E-state index in [0.717, 1.165) is 22.3 Å². The van der Waals surface area contributed by atoms with Crippen molar-refractivity contribution >= 4 is 5.78 Å². The van der Waals surface area contributed by atoms with E-state index in [2.05, 4.69) is 9.47 Å². The molecule has 0 unspecified atom stereocenters. The summed E-state index contributed by atoms with van der Waals surface area (Å²) in [6.07, 6.45) is -2.09. The Bertz CT molecular complexity index is 1200. The molecule has 1 saturated carbocycles. The number of ether oxygens (including phenoxy) is 2. The number of alkyl halides is 2. The van der Waals surface area contributed by atoms with E-state index >= 15 is 0 Å². The van der Waals surface area contributed by atoms with E-state index in [1.54, 1.807) is 24.3 Å². The number of aryl methyl sites for hydroxylation is 1. The van der Waals surface area contributed by atoms with Gasteiger partial charge in [0.2, 0.25) is 0 Å². The van der Waals surface area contributed by atoms with Crippen LogP contribution >= 0.6 is 0 Å². The van der Waals surface area contributed by atoms with Crippen molar-refractivity contribution in [1.82, 2.24) is 0 Å². The summed E-state index contributed by atoms with van der Waals surface area (Å²) in [4.78, 5) is 13.3. The van der Waals surface area contributed by atoms with E-state index < -0.39 is 11.7 Å². The summed E-state index contributed by atoms with van der Waals surface area (Å²) in [5.41, 5.74) is 3.75. The summed E-state index contributed by atoms with van der Waals surface area (Å²) in [6.45, 7) is 1.98. The molecule has 5 rings (SSSR count). The first-order chi connectivity index (χ1) is 14.8. The molecule has 1 aliphatic carbocycles. The highest BCUT2D eigenvalue weighted by Crippen LogP contribution is 2.52. The van der Waals surface area contributed by atoms with E-state index in [0.29, 0.717) is 18.4 Å². The zero-order chi connectivity index (χ0) is 21.8. The Kier molecular flexibility index (Phi) is 4.29. The minimum Gasteiger partial charge on any atom is -0.508 e. The van der Waals surface area contributed by atoms with Crippen molar-refractivity contribution in [3.8, 4) is 28.4 Å². The van der Waals surface area contributed by atoms with Crippen LogP contribution in [0.5, 0.6) is 17.2 Å². The fraction of sp³-hybridized carbons (Fsp3) is 0.240. The molecule has 0 atom stereocenters. The molecule has 2 aliphatic rings. The van der Waals surface area contributed by atoms with Crippen molar-refractivity contribution in [2.75, 3.05) is 0 Å². The van der Waals surface area contributed by atoms with Gasteiger partial charge in [-0.05, 0) is 71.8 Å². The van der Waals surface area contributed by atoms with Crippen LogP contribution < -0.4 is 9.47 Å². The molecular formula is C25H20F2O4. The first kappa shape index (κ1) is 19.5. The predicted molar refractivity (Wildman–Crippen MR) is 111 cm³/mol. The molecule has 3 aromatic carbocycles. The van der Waals surface area contributed by atoms with Crippen LogP contribution in [0, 0.1) is 6.92 Å². The molecule has 4 nitrogen and oxygen atoms in total. The fourth-order valence-corrected chi connectivity index (χ4v) is 4.22. The van der Waals surface area contributed by atoms with Gasteiger partial charge in [-0.1, -0.05) is 36.4 Å². The normalized spacial score (nSPS) is 17.4. The number of phenols is 1. The molecule has 0 spiro atoms. The minimum absolute atomic E-state index is 0.0220. The molecule has 1 N–H and O–H groups in total. The van der Waals surface area contributed by atoms with Gasteiger partial charge >= 0.3 is 6.29 Å². The number of hydrogen-bond acceptors (Lipinski definition) is 4. The highest BCUT2D eigenvalue weighted by Gasteiger charge is 2.52. The van der Waals surface area contributed by atoms with Gasteiger partial charge in [0.05, 0.1) is 5.41 Å². The maximum absolute atomic E-state index is 13.3. The number of halogens is 2. The third kappa shape index (κ3) is 3.52. The SMILES string of the molecule is Cc1ccc(CC(=O)C2(c3ccc4c(c3)OC(F)(F)O4)CC2)cc1-c1cccc(O)c1. The summed E-state index contributed by atoms with van der Waals surface area (Å²) >= 11 is 0. The Labute approximate surface area is 178 Å². The number of phenolic OH excluding ortho intramolecular Hbond substituents is 1. The van der Waals surface area contributed by atoms with Gasteiger partial charge in [0, 0.05) is 6.42 Å². The number of ketones is 1. The topological polar surface area (TPSA) is 55.8 Å². The Morgan fingerprint density at radius 1 is 1.00 bits per heavy atom. The van der Waals surface area contributed by atoms with Crippen molar-refractivity contribution in [2.24, 2.45) is 0 Å². The lowest BCUT2D eigenvalue weighted by molar-refractivity contribution is -0.286. The van der Waals surface area contributed by atoms with Crippen LogP contribution in [0.1, 0.15) is 29.5 Å². The van der Waals surface area contributed by atoms with Gasteiger partial charge in [-0.2, -0.15) is 0 Å². The number of aromatic hydroxyl groups is 1. The third-order valence-electron chi connectivity index (χ3n) is 6.06. The van der Waals surface area contributed by atoms with Crippen molar-refractivity contribution < 1.29 is 28.2 Å². The van der Waals surface area contributed by atoms with Gasteiger partial charge in [0.25, 0.3) is 0 Å². The molecule has 1 fully saturated rings. The van der Waals surface area contributed by atoms with Gasteiger partial charge in [-0.3, -0.25) is 4.79 Å². The molecule has 1 heterocycles. The first-order valence-corrected chi connectivity index (χ1v) is 10.1. The van der Waals surface area contributed by atoms with E-state index in [9.17, 15) is 18.7 Å². The van der Waals surface area contributed by atoms with Crippen LogP contribution in [-0.2, 0) is 16.6 Å². The van der Waals surface area contributed by atoms with Crippen molar-refractivity contribution in [3.63, 3.8) is 0 Å². The van der Waals surface area contributed by atoms with Gasteiger partial charge in [-0.15, -0.1) is 8.78 Å². The molecule has 0 amide bonds. The van der Waals surface area contributed by atoms with E-state index in [1.807, 2.05) is 31.2 Å².